The number of anilines is 2. The SMILES string of the molecule is CC(Cc1ccccc1)Nc1c(N)cccc1F. The van der Waals surface area contributed by atoms with Gasteiger partial charge in [-0.15, -0.1) is 0 Å². The van der Waals surface area contributed by atoms with Crippen LogP contribution in [0, 0.1) is 5.82 Å². The molecule has 0 aliphatic carbocycles. The molecule has 2 rings (SSSR count). The van der Waals surface area contributed by atoms with Crippen LogP contribution in [-0.2, 0) is 6.42 Å². The minimum Gasteiger partial charge on any atom is -0.397 e. The topological polar surface area (TPSA) is 38.0 Å². The fourth-order valence-corrected chi connectivity index (χ4v) is 1.96. The standard InChI is InChI=1S/C15H17FN2/c1-11(10-12-6-3-2-4-7-12)18-15-13(16)8-5-9-14(15)17/h2-9,11,18H,10,17H2,1H3. The van der Waals surface area contributed by atoms with Gasteiger partial charge in [-0.25, -0.2) is 4.39 Å². The van der Waals surface area contributed by atoms with E-state index in [2.05, 4.69) is 17.4 Å². The highest BCUT2D eigenvalue weighted by atomic mass is 19.1. The molecule has 2 nitrogen and oxygen atoms in total. The smallest absolute Gasteiger partial charge is 0.148 e. The van der Waals surface area contributed by atoms with Gasteiger partial charge in [0, 0.05) is 6.04 Å². The predicted octanol–water partition coefficient (Wildman–Crippen LogP) is 3.45. The zero-order valence-corrected chi connectivity index (χ0v) is 10.4. The van der Waals surface area contributed by atoms with Crippen molar-refractivity contribution in [3.63, 3.8) is 0 Å². The molecule has 18 heavy (non-hydrogen) atoms. The Hall–Kier alpha value is -2.03. The van der Waals surface area contributed by atoms with E-state index in [1.54, 1.807) is 12.1 Å². The summed E-state index contributed by atoms with van der Waals surface area (Å²) in [5.41, 5.74) is 7.81. The second kappa shape index (κ2) is 5.54. The summed E-state index contributed by atoms with van der Waals surface area (Å²) in [5.74, 6) is -0.310. The number of benzene rings is 2. The third-order valence-electron chi connectivity index (χ3n) is 2.82. The number of halogens is 1. The maximum atomic E-state index is 13.6. The molecule has 0 aromatic heterocycles. The highest BCUT2D eigenvalue weighted by Crippen LogP contribution is 2.23. The fraction of sp³-hybridized carbons (Fsp3) is 0.200. The summed E-state index contributed by atoms with van der Waals surface area (Å²) in [6, 6.07) is 14.9. The number of rotatable bonds is 4. The second-order valence-corrected chi connectivity index (χ2v) is 4.44. The zero-order valence-electron chi connectivity index (χ0n) is 10.4. The van der Waals surface area contributed by atoms with Crippen LogP contribution in [0.1, 0.15) is 12.5 Å². The number of nitrogen functional groups attached to an aromatic ring is 1. The molecule has 0 amide bonds. The number of para-hydroxylation sites is 1. The Morgan fingerprint density at radius 1 is 1.11 bits per heavy atom. The average Bonchev–Trinajstić information content (AvgIpc) is 2.35. The van der Waals surface area contributed by atoms with Crippen molar-refractivity contribution < 1.29 is 4.39 Å². The quantitative estimate of drug-likeness (QED) is 0.808. The largest absolute Gasteiger partial charge is 0.397 e. The Morgan fingerprint density at radius 2 is 1.83 bits per heavy atom. The molecule has 2 aromatic carbocycles. The van der Waals surface area contributed by atoms with E-state index in [1.807, 2.05) is 25.1 Å². The van der Waals surface area contributed by atoms with Gasteiger partial charge in [-0.2, -0.15) is 0 Å². The molecule has 2 aromatic rings. The first-order chi connectivity index (χ1) is 8.66. The lowest BCUT2D eigenvalue weighted by Gasteiger charge is -2.17. The van der Waals surface area contributed by atoms with Gasteiger partial charge in [0.2, 0.25) is 0 Å². The summed E-state index contributed by atoms with van der Waals surface area (Å²) < 4.78 is 13.6. The molecular formula is C15H17FN2. The van der Waals surface area contributed by atoms with Crippen molar-refractivity contribution in [2.75, 3.05) is 11.1 Å². The van der Waals surface area contributed by atoms with E-state index >= 15 is 0 Å². The molecule has 0 spiro atoms. The van der Waals surface area contributed by atoms with E-state index in [-0.39, 0.29) is 11.9 Å². The van der Waals surface area contributed by atoms with Crippen LogP contribution in [0.25, 0.3) is 0 Å². The Bertz CT molecular complexity index is 491. The van der Waals surface area contributed by atoms with Gasteiger partial charge in [0.1, 0.15) is 5.82 Å². The van der Waals surface area contributed by atoms with Crippen LogP contribution in [0.3, 0.4) is 0 Å². The van der Waals surface area contributed by atoms with E-state index in [0.29, 0.717) is 11.4 Å². The van der Waals surface area contributed by atoms with Crippen LogP contribution in [0.5, 0.6) is 0 Å². The monoisotopic (exact) mass is 244 g/mol. The van der Waals surface area contributed by atoms with Gasteiger partial charge in [0.05, 0.1) is 11.4 Å². The van der Waals surface area contributed by atoms with Gasteiger partial charge >= 0.3 is 0 Å². The summed E-state index contributed by atoms with van der Waals surface area (Å²) in [6.45, 7) is 2.01. The minimum absolute atomic E-state index is 0.117. The Kier molecular flexibility index (Phi) is 3.82. The molecule has 0 heterocycles. The summed E-state index contributed by atoms with van der Waals surface area (Å²) in [6.07, 6.45) is 0.828. The number of hydrogen-bond acceptors (Lipinski definition) is 2. The maximum Gasteiger partial charge on any atom is 0.148 e. The third kappa shape index (κ3) is 3.00. The third-order valence-corrected chi connectivity index (χ3v) is 2.82. The molecule has 0 saturated carbocycles. The van der Waals surface area contributed by atoms with Crippen LogP contribution < -0.4 is 11.1 Å². The highest BCUT2D eigenvalue weighted by Gasteiger charge is 2.09. The van der Waals surface area contributed by atoms with Crippen molar-refractivity contribution in [3.05, 3.63) is 59.9 Å². The lowest BCUT2D eigenvalue weighted by atomic mass is 10.1. The van der Waals surface area contributed by atoms with E-state index in [9.17, 15) is 4.39 Å². The molecule has 0 aliphatic heterocycles. The van der Waals surface area contributed by atoms with Crippen molar-refractivity contribution in [1.29, 1.82) is 0 Å². The van der Waals surface area contributed by atoms with Gasteiger partial charge in [-0.1, -0.05) is 36.4 Å². The first-order valence-corrected chi connectivity index (χ1v) is 6.01. The molecule has 3 heteroatoms. The molecule has 3 N–H and O–H groups in total. The molecule has 1 atom stereocenters. The van der Waals surface area contributed by atoms with Gasteiger partial charge in [-0.05, 0) is 31.0 Å². The Balaban J connectivity index is 2.06. The summed E-state index contributed by atoms with van der Waals surface area (Å²) >= 11 is 0. The average molecular weight is 244 g/mol. The Labute approximate surface area is 107 Å². The van der Waals surface area contributed by atoms with Crippen molar-refractivity contribution in [2.24, 2.45) is 0 Å². The maximum absolute atomic E-state index is 13.6. The number of hydrogen-bond donors (Lipinski definition) is 2. The van der Waals surface area contributed by atoms with E-state index < -0.39 is 0 Å². The van der Waals surface area contributed by atoms with Crippen molar-refractivity contribution in [3.8, 4) is 0 Å². The van der Waals surface area contributed by atoms with Gasteiger partial charge < -0.3 is 11.1 Å². The van der Waals surface area contributed by atoms with Crippen molar-refractivity contribution >= 4 is 11.4 Å². The predicted molar refractivity (Wildman–Crippen MR) is 74.0 cm³/mol. The number of nitrogens with one attached hydrogen (secondary N) is 1. The lowest BCUT2D eigenvalue weighted by Crippen LogP contribution is -2.19. The molecule has 0 radical (unpaired) electrons. The first kappa shape index (κ1) is 12.4. The lowest BCUT2D eigenvalue weighted by molar-refractivity contribution is 0.626. The molecule has 0 aliphatic rings. The number of nitrogens with two attached hydrogens (primary N) is 1. The molecular weight excluding hydrogens is 227 g/mol. The minimum atomic E-state index is -0.310. The van der Waals surface area contributed by atoms with E-state index in [4.69, 9.17) is 5.73 Å². The Morgan fingerprint density at radius 3 is 2.50 bits per heavy atom. The first-order valence-electron chi connectivity index (χ1n) is 6.01. The van der Waals surface area contributed by atoms with Gasteiger partial charge in [0.15, 0.2) is 0 Å². The molecule has 1 unspecified atom stereocenters. The second-order valence-electron chi connectivity index (χ2n) is 4.44. The van der Waals surface area contributed by atoms with Crippen molar-refractivity contribution in [1.82, 2.24) is 0 Å². The fourth-order valence-electron chi connectivity index (χ4n) is 1.96. The van der Waals surface area contributed by atoms with Crippen LogP contribution in [0.4, 0.5) is 15.8 Å². The van der Waals surface area contributed by atoms with E-state index in [1.165, 1.54) is 11.6 Å². The van der Waals surface area contributed by atoms with Gasteiger partial charge in [0.25, 0.3) is 0 Å². The summed E-state index contributed by atoms with van der Waals surface area (Å²) in [4.78, 5) is 0. The van der Waals surface area contributed by atoms with Crippen molar-refractivity contribution in [2.45, 2.75) is 19.4 Å². The normalized spacial score (nSPS) is 12.1. The highest BCUT2D eigenvalue weighted by molar-refractivity contribution is 5.66. The summed E-state index contributed by atoms with van der Waals surface area (Å²) in [7, 11) is 0. The molecule has 94 valence electrons. The molecule has 0 fully saturated rings. The molecule has 0 bridgehead atoms. The zero-order chi connectivity index (χ0) is 13.0. The molecule has 0 saturated heterocycles. The van der Waals surface area contributed by atoms with Gasteiger partial charge in [-0.3, -0.25) is 0 Å². The van der Waals surface area contributed by atoms with Crippen LogP contribution in [-0.4, -0.2) is 6.04 Å². The van der Waals surface area contributed by atoms with E-state index in [0.717, 1.165) is 6.42 Å². The summed E-state index contributed by atoms with van der Waals surface area (Å²) in [5, 5.41) is 3.13. The van der Waals surface area contributed by atoms with Crippen LogP contribution in [0.2, 0.25) is 0 Å². The van der Waals surface area contributed by atoms with Crippen LogP contribution >= 0.6 is 0 Å². The van der Waals surface area contributed by atoms with Crippen LogP contribution in [0.15, 0.2) is 48.5 Å².